The summed E-state index contributed by atoms with van der Waals surface area (Å²) in [5.41, 5.74) is 5.99. The van der Waals surface area contributed by atoms with Gasteiger partial charge in [-0.2, -0.15) is 0 Å². The Morgan fingerprint density at radius 1 is 0.900 bits per heavy atom. The van der Waals surface area contributed by atoms with Crippen molar-refractivity contribution in [2.45, 2.75) is 98.9 Å². The van der Waals surface area contributed by atoms with E-state index in [0.717, 1.165) is 75.5 Å². The predicted molar refractivity (Wildman–Crippen MR) is 199 cm³/mol. The lowest BCUT2D eigenvalue weighted by atomic mass is 9.92. The minimum absolute atomic E-state index is 0.0472. The molecule has 0 saturated carbocycles. The average molecular weight is 699 g/mol. The number of nitrogens with zero attached hydrogens (tertiary/aromatic N) is 6. The Bertz CT molecular complexity index is 2070. The summed E-state index contributed by atoms with van der Waals surface area (Å²) in [6.07, 6.45) is 4.22. The number of aromatic nitrogens is 4. The first-order valence-corrected chi connectivity index (χ1v) is 18.1. The minimum atomic E-state index is 0.0472. The van der Waals surface area contributed by atoms with Gasteiger partial charge in [-0.05, 0) is 73.4 Å². The summed E-state index contributed by atoms with van der Waals surface area (Å²) in [4.78, 5) is 38.8. The van der Waals surface area contributed by atoms with Crippen molar-refractivity contribution in [3.05, 3.63) is 64.8 Å². The Morgan fingerprint density at radius 2 is 1.64 bits per heavy atom. The molecule has 0 aliphatic carbocycles. The van der Waals surface area contributed by atoms with Crippen LogP contribution in [0.5, 0.6) is 5.75 Å². The van der Waals surface area contributed by atoms with E-state index in [9.17, 15) is 9.59 Å². The van der Waals surface area contributed by atoms with Crippen LogP contribution in [0, 0.1) is 0 Å². The molecule has 3 aromatic carbocycles. The summed E-state index contributed by atoms with van der Waals surface area (Å²) >= 11 is 6.70. The highest BCUT2D eigenvalue weighted by Gasteiger charge is 2.26. The Kier molecular flexibility index (Phi) is 10.2. The summed E-state index contributed by atoms with van der Waals surface area (Å²) in [6.45, 7) is 11.8. The molecule has 4 N–H and O–H groups in total. The molecule has 12 heteroatoms. The van der Waals surface area contributed by atoms with Crippen molar-refractivity contribution in [2.75, 3.05) is 18.2 Å². The quantitative estimate of drug-likeness (QED) is 0.125. The molecule has 1 aliphatic heterocycles. The van der Waals surface area contributed by atoms with Gasteiger partial charge < -0.3 is 26.2 Å². The van der Waals surface area contributed by atoms with Crippen LogP contribution < -0.4 is 16.4 Å². The summed E-state index contributed by atoms with van der Waals surface area (Å²) in [5, 5.41) is 2.21. The van der Waals surface area contributed by atoms with E-state index in [1.165, 1.54) is 4.68 Å². The van der Waals surface area contributed by atoms with Crippen molar-refractivity contribution in [3.8, 4) is 28.1 Å². The molecule has 1 aliphatic rings. The van der Waals surface area contributed by atoms with Crippen LogP contribution in [0.25, 0.3) is 44.2 Å². The fourth-order valence-electron chi connectivity index (χ4n) is 6.85. The van der Waals surface area contributed by atoms with E-state index in [1.54, 1.807) is 4.68 Å². The Balaban J connectivity index is 1.32. The smallest absolute Gasteiger partial charge is 0.223 e. The van der Waals surface area contributed by atoms with E-state index in [0.29, 0.717) is 49.9 Å². The van der Waals surface area contributed by atoms with Crippen LogP contribution in [0.1, 0.15) is 90.4 Å². The van der Waals surface area contributed by atoms with E-state index in [2.05, 4.69) is 31.0 Å². The van der Waals surface area contributed by atoms with Gasteiger partial charge in [-0.25, -0.2) is 19.3 Å². The fourth-order valence-corrected chi connectivity index (χ4v) is 7.15. The molecule has 0 fully saturated rings. The maximum Gasteiger partial charge on any atom is 0.223 e. The first kappa shape index (κ1) is 35.1. The second-order valence-electron chi connectivity index (χ2n) is 13.2. The number of amides is 2. The molecular formula is C38H47ClN8O3. The Morgan fingerprint density at radius 3 is 2.36 bits per heavy atom. The molecule has 264 valence electrons. The SMILES string of the molecule is CCCC(=O)N(CCC)Cc1nc2ccc3cc4c(cc3c2n1N)OCc1cc(-c2c(Cl)nc(CN(C(=O)CCC)[C@@H](C)CC)n2N)ccc1-4. The molecule has 1 atom stereocenters. The predicted octanol–water partition coefficient (Wildman–Crippen LogP) is 7.16. The van der Waals surface area contributed by atoms with Crippen molar-refractivity contribution >= 4 is 45.2 Å². The van der Waals surface area contributed by atoms with Crippen molar-refractivity contribution < 1.29 is 14.3 Å². The van der Waals surface area contributed by atoms with Gasteiger partial charge in [0.1, 0.15) is 29.7 Å². The van der Waals surface area contributed by atoms with Crippen molar-refractivity contribution in [2.24, 2.45) is 0 Å². The second-order valence-corrected chi connectivity index (χ2v) is 13.6. The molecule has 3 heterocycles. The van der Waals surface area contributed by atoms with Crippen LogP contribution in [0.3, 0.4) is 0 Å². The van der Waals surface area contributed by atoms with Gasteiger partial charge in [-0.15, -0.1) is 0 Å². The molecule has 2 aromatic heterocycles. The number of carbonyl (C=O) groups excluding carboxylic acids is 2. The zero-order chi connectivity index (χ0) is 35.7. The zero-order valence-corrected chi connectivity index (χ0v) is 30.4. The van der Waals surface area contributed by atoms with Gasteiger partial charge in [0.15, 0.2) is 5.15 Å². The lowest BCUT2D eigenvalue weighted by Crippen LogP contribution is -2.38. The molecule has 0 unspecified atom stereocenters. The normalized spacial score (nSPS) is 12.8. The van der Waals surface area contributed by atoms with E-state index in [4.69, 9.17) is 33.0 Å². The topological polar surface area (TPSA) is 138 Å². The highest BCUT2D eigenvalue weighted by molar-refractivity contribution is 6.32. The third kappa shape index (κ3) is 6.46. The molecular weight excluding hydrogens is 652 g/mol. The molecule has 2 amide bonds. The van der Waals surface area contributed by atoms with E-state index >= 15 is 0 Å². The lowest BCUT2D eigenvalue weighted by Gasteiger charge is -2.28. The van der Waals surface area contributed by atoms with E-state index in [-0.39, 0.29) is 29.6 Å². The number of imidazole rings is 2. The molecule has 0 bridgehead atoms. The van der Waals surface area contributed by atoms with Crippen LogP contribution in [-0.4, -0.2) is 53.5 Å². The lowest BCUT2D eigenvalue weighted by molar-refractivity contribution is -0.134. The zero-order valence-electron chi connectivity index (χ0n) is 29.6. The largest absolute Gasteiger partial charge is 0.488 e. The highest BCUT2D eigenvalue weighted by atomic mass is 35.5. The molecule has 0 radical (unpaired) electrons. The van der Waals surface area contributed by atoms with Gasteiger partial charge in [0.05, 0.1) is 24.1 Å². The standard InChI is InChI=1S/C38H47ClN8O3/c1-6-10-34(48)44(16-8-3)20-32-42-30-15-13-24-18-29-27-14-12-25(17-26(27)22-50-31(29)19-28(24)37(30)47(32)41)36-38(39)43-33(46(36)40)21-45(23(5)9-4)35(49)11-7-2/h12-15,17-19,23H,6-11,16,20-22,40-41H2,1-5H3/t23-/m0/s1. The van der Waals surface area contributed by atoms with Crippen molar-refractivity contribution in [1.29, 1.82) is 0 Å². The van der Waals surface area contributed by atoms with Gasteiger partial charge in [-0.1, -0.05) is 57.5 Å². The van der Waals surface area contributed by atoms with Crippen LogP contribution in [0.15, 0.2) is 42.5 Å². The monoisotopic (exact) mass is 698 g/mol. The van der Waals surface area contributed by atoms with Gasteiger partial charge in [0, 0.05) is 41.9 Å². The van der Waals surface area contributed by atoms with Crippen molar-refractivity contribution in [3.63, 3.8) is 0 Å². The summed E-state index contributed by atoms with van der Waals surface area (Å²) in [7, 11) is 0. The van der Waals surface area contributed by atoms with Gasteiger partial charge >= 0.3 is 0 Å². The third-order valence-corrected chi connectivity index (χ3v) is 9.96. The third-order valence-electron chi connectivity index (χ3n) is 9.69. The second kappa shape index (κ2) is 14.6. The van der Waals surface area contributed by atoms with Gasteiger partial charge in [0.25, 0.3) is 0 Å². The number of fused-ring (bicyclic) bond motifs is 6. The first-order valence-electron chi connectivity index (χ1n) is 17.7. The highest BCUT2D eigenvalue weighted by Crippen LogP contribution is 2.43. The number of carbonyl (C=O) groups is 2. The molecule has 11 nitrogen and oxygen atoms in total. The number of nitrogens with two attached hydrogens (primary N) is 2. The molecule has 50 heavy (non-hydrogen) atoms. The fraction of sp³-hybridized carbons (Fsp3) is 0.421. The molecule has 5 aromatic rings. The van der Waals surface area contributed by atoms with Gasteiger partial charge in [-0.3, -0.25) is 9.59 Å². The number of nitrogen functional groups attached to an aromatic ring is 2. The molecule has 6 rings (SSSR count). The van der Waals surface area contributed by atoms with E-state index in [1.807, 2.05) is 60.9 Å². The molecule has 0 saturated heterocycles. The summed E-state index contributed by atoms with van der Waals surface area (Å²) in [6, 6.07) is 14.3. The number of rotatable bonds is 13. The van der Waals surface area contributed by atoms with E-state index < -0.39 is 0 Å². The number of hydrogen-bond acceptors (Lipinski definition) is 7. The number of ether oxygens (including phenoxy) is 1. The van der Waals surface area contributed by atoms with Gasteiger partial charge in [0.2, 0.25) is 11.8 Å². The number of halogens is 1. The minimum Gasteiger partial charge on any atom is -0.488 e. The molecule has 0 spiro atoms. The number of hydrogen-bond donors (Lipinski definition) is 2. The average Bonchev–Trinajstić information content (AvgIpc) is 3.58. The van der Waals surface area contributed by atoms with Crippen LogP contribution in [0.4, 0.5) is 0 Å². The Labute approximate surface area is 298 Å². The number of benzene rings is 3. The summed E-state index contributed by atoms with van der Waals surface area (Å²) < 4.78 is 9.47. The van der Waals surface area contributed by atoms with Crippen molar-refractivity contribution in [1.82, 2.24) is 29.1 Å². The maximum atomic E-state index is 12.9. The van der Waals surface area contributed by atoms with Crippen LogP contribution in [0.2, 0.25) is 5.15 Å². The maximum absolute atomic E-state index is 12.9. The van der Waals surface area contributed by atoms with Crippen LogP contribution in [-0.2, 0) is 29.3 Å². The first-order chi connectivity index (χ1) is 24.1. The summed E-state index contributed by atoms with van der Waals surface area (Å²) in [5.74, 6) is 15.4. The van der Waals surface area contributed by atoms with Crippen LogP contribution >= 0.6 is 11.6 Å². The Hall–Kier alpha value is -4.77.